The molecular weight excluding hydrogens is 314 g/mol. The molecule has 2 aromatic rings. The predicted octanol–water partition coefficient (Wildman–Crippen LogP) is 5.03. The summed E-state index contributed by atoms with van der Waals surface area (Å²) in [5.74, 6) is 0.628. The van der Waals surface area contributed by atoms with Crippen molar-refractivity contribution in [3.63, 3.8) is 0 Å². The molecule has 0 bridgehead atoms. The van der Waals surface area contributed by atoms with Gasteiger partial charge in [0, 0.05) is 23.0 Å². The Bertz CT molecular complexity index is 677. The van der Waals surface area contributed by atoms with Crippen LogP contribution in [-0.2, 0) is 28.1 Å². The van der Waals surface area contributed by atoms with E-state index in [4.69, 9.17) is 0 Å². The lowest BCUT2D eigenvalue weighted by atomic mass is 9.81. The van der Waals surface area contributed by atoms with E-state index in [-0.39, 0.29) is 10.8 Å². The molecule has 0 amide bonds. The molecule has 1 atom stereocenters. The normalized spacial score (nSPS) is 13.8. The highest BCUT2D eigenvalue weighted by Crippen LogP contribution is 2.31. The van der Waals surface area contributed by atoms with Gasteiger partial charge in [-0.25, -0.2) is 0 Å². The van der Waals surface area contributed by atoms with Crippen molar-refractivity contribution in [1.29, 1.82) is 0 Å². The monoisotopic (exact) mass is 343 g/mol. The average molecular weight is 344 g/mol. The maximum absolute atomic E-state index is 12.9. The fourth-order valence-electron chi connectivity index (χ4n) is 2.47. The number of aromatic nitrogens is 1. The van der Waals surface area contributed by atoms with Crippen LogP contribution in [0, 0.1) is 0 Å². The zero-order chi connectivity index (χ0) is 18.0. The molecule has 130 valence electrons. The molecule has 0 saturated heterocycles. The van der Waals surface area contributed by atoms with E-state index < -0.39 is 10.8 Å². The predicted molar refractivity (Wildman–Crippen MR) is 103 cm³/mol. The number of rotatable bonds is 4. The highest BCUT2D eigenvalue weighted by molar-refractivity contribution is 7.85. The fourth-order valence-corrected chi connectivity index (χ4v) is 3.64. The molecule has 1 heterocycles. The smallest absolute Gasteiger partial charge is 0.0533 e. The fraction of sp³-hybridized carbons (Fsp3) is 0.476. The molecule has 0 aliphatic heterocycles. The zero-order valence-electron chi connectivity index (χ0n) is 15.7. The molecule has 0 unspecified atom stereocenters. The van der Waals surface area contributed by atoms with Crippen molar-refractivity contribution in [2.24, 2.45) is 0 Å². The van der Waals surface area contributed by atoms with Gasteiger partial charge in [-0.05, 0) is 52.1 Å². The molecule has 0 fully saturated rings. The Morgan fingerprint density at radius 1 is 0.958 bits per heavy atom. The first-order chi connectivity index (χ1) is 11.1. The van der Waals surface area contributed by atoms with E-state index in [2.05, 4.69) is 64.7 Å². The lowest BCUT2D eigenvalue weighted by molar-refractivity contribution is 0.565. The second-order valence-corrected chi connectivity index (χ2v) is 9.98. The Kier molecular flexibility index (Phi) is 5.64. The van der Waals surface area contributed by atoms with Crippen LogP contribution in [0.15, 0.2) is 47.6 Å². The largest absolute Gasteiger partial charge is 0.264 e. The molecule has 3 heteroatoms. The van der Waals surface area contributed by atoms with Crippen LogP contribution in [0.3, 0.4) is 0 Å². The van der Waals surface area contributed by atoms with E-state index in [9.17, 15) is 4.21 Å². The van der Waals surface area contributed by atoms with Crippen molar-refractivity contribution in [2.45, 2.75) is 63.7 Å². The van der Waals surface area contributed by atoms with E-state index in [1.54, 1.807) is 6.20 Å². The van der Waals surface area contributed by atoms with Crippen molar-refractivity contribution < 1.29 is 4.21 Å². The van der Waals surface area contributed by atoms with Gasteiger partial charge in [0.25, 0.3) is 0 Å². The van der Waals surface area contributed by atoms with E-state index in [1.165, 1.54) is 11.1 Å². The van der Waals surface area contributed by atoms with Crippen LogP contribution in [0.5, 0.6) is 0 Å². The van der Waals surface area contributed by atoms with Crippen molar-refractivity contribution in [2.75, 3.05) is 5.75 Å². The maximum Gasteiger partial charge on any atom is 0.0533 e. The van der Waals surface area contributed by atoms with E-state index in [0.29, 0.717) is 5.75 Å². The minimum atomic E-state index is -1.00. The highest BCUT2D eigenvalue weighted by Gasteiger charge is 2.21. The van der Waals surface area contributed by atoms with Gasteiger partial charge in [0.2, 0.25) is 0 Å². The van der Waals surface area contributed by atoms with E-state index in [0.717, 1.165) is 16.9 Å². The van der Waals surface area contributed by atoms with E-state index >= 15 is 0 Å². The second-order valence-electron chi connectivity index (χ2n) is 8.41. The number of hydrogen-bond acceptors (Lipinski definition) is 2. The van der Waals surface area contributed by atoms with Gasteiger partial charge in [0.15, 0.2) is 0 Å². The lowest BCUT2D eigenvalue weighted by Crippen LogP contribution is -2.17. The number of nitrogens with zero attached hydrogens (tertiary/aromatic N) is 1. The minimum Gasteiger partial charge on any atom is -0.264 e. The Balaban J connectivity index is 2.29. The van der Waals surface area contributed by atoms with E-state index in [1.807, 2.05) is 18.3 Å². The number of hydrogen-bond donors (Lipinski definition) is 0. The molecule has 0 N–H and O–H groups in total. The van der Waals surface area contributed by atoms with Crippen LogP contribution in [0.2, 0.25) is 0 Å². The number of aryl methyl sites for hydroxylation is 1. The Hall–Kier alpha value is -1.48. The Labute approximate surface area is 149 Å². The summed E-state index contributed by atoms with van der Waals surface area (Å²) in [4.78, 5) is 5.07. The quantitative estimate of drug-likeness (QED) is 0.779. The average Bonchev–Trinajstić information content (AvgIpc) is 2.51. The Morgan fingerprint density at radius 2 is 1.54 bits per heavy atom. The van der Waals surface area contributed by atoms with Crippen LogP contribution in [-0.4, -0.2) is 14.9 Å². The van der Waals surface area contributed by atoms with Gasteiger partial charge in [0.1, 0.15) is 0 Å². The first-order valence-corrected chi connectivity index (χ1v) is 9.82. The van der Waals surface area contributed by atoms with Crippen LogP contribution < -0.4 is 0 Å². The summed E-state index contributed by atoms with van der Waals surface area (Å²) in [5.41, 5.74) is 3.72. The van der Waals surface area contributed by atoms with Gasteiger partial charge >= 0.3 is 0 Å². The maximum atomic E-state index is 12.9. The summed E-state index contributed by atoms with van der Waals surface area (Å²) >= 11 is 0. The molecule has 24 heavy (non-hydrogen) atoms. The van der Waals surface area contributed by atoms with Crippen molar-refractivity contribution in [3.05, 3.63) is 59.4 Å². The molecule has 0 aliphatic rings. The molecule has 1 aromatic heterocycles. The van der Waals surface area contributed by atoms with Crippen LogP contribution in [0.25, 0.3) is 0 Å². The van der Waals surface area contributed by atoms with Gasteiger partial charge in [-0.1, -0.05) is 53.7 Å². The standard InChI is InChI=1S/C21H29NOS/c1-20(2,3)17-12-18(21(4,5)6)14-19(13-17)24(23)11-9-16-8-7-10-22-15-16/h7-8,10,12-15H,9,11H2,1-6H3/t24-/m0/s1. The van der Waals surface area contributed by atoms with Crippen molar-refractivity contribution in [1.82, 2.24) is 4.98 Å². The first-order valence-electron chi connectivity index (χ1n) is 8.51. The topological polar surface area (TPSA) is 30.0 Å². The van der Waals surface area contributed by atoms with Crippen molar-refractivity contribution >= 4 is 10.8 Å². The number of pyridine rings is 1. The highest BCUT2D eigenvalue weighted by atomic mass is 32.2. The van der Waals surface area contributed by atoms with Gasteiger partial charge in [-0.2, -0.15) is 0 Å². The van der Waals surface area contributed by atoms with Crippen LogP contribution in [0.1, 0.15) is 58.2 Å². The van der Waals surface area contributed by atoms with Gasteiger partial charge in [-0.15, -0.1) is 0 Å². The zero-order valence-corrected chi connectivity index (χ0v) is 16.5. The summed E-state index contributed by atoms with van der Waals surface area (Å²) in [7, 11) is -1.00. The van der Waals surface area contributed by atoms with Crippen LogP contribution >= 0.6 is 0 Å². The van der Waals surface area contributed by atoms with Gasteiger partial charge < -0.3 is 0 Å². The third-order valence-electron chi connectivity index (χ3n) is 4.20. The van der Waals surface area contributed by atoms with Crippen LogP contribution in [0.4, 0.5) is 0 Å². The SMILES string of the molecule is CC(C)(C)c1cc([S@@](=O)CCc2cccnc2)cc(C(C)(C)C)c1. The summed E-state index contributed by atoms with van der Waals surface area (Å²) < 4.78 is 12.9. The lowest BCUT2D eigenvalue weighted by Gasteiger charge is -2.26. The minimum absolute atomic E-state index is 0.0452. The van der Waals surface area contributed by atoms with Crippen molar-refractivity contribution in [3.8, 4) is 0 Å². The van der Waals surface area contributed by atoms with Gasteiger partial charge in [-0.3, -0.25) is 9.19 Å². The molecule has 0 aliphatic carbocycles. The number of benzene rings is 1. The van der Waals surface area contributed by atoms with Gasteiger partial charge in [0.05, 0.1) is 10.8 Å². The second kappa shape index (κ2) is 7.18. The molecule has 0 radical (unpaired) electrons. The third kappa shape index (κ3) is 5.01. The summed E-state index contributed by atoms with van der Waals surface area (Å²) in [6, 6.07) is 10.5. The summed E-state index contributed by atoms with van der Waals surface area (Å²) in [6.45, 7) is 13.2. The molecule has 1 aromatic carbocycles. The Morgan fingerprint density at radius 3 is 2.00 bits per heavy atom. The summed E-state index contributed by atoms with van der Waals surface area (Å²) in [5, 5.41) is 0. The molecule has 2 nitrogen and oxygen atoms in total. The third-order valence-corrected chi connectivity index (χ3v) is 5.54. The molecular formula is C21H29NOS. The first kappa shape index (κ1) is 18.9. The molecule has 0 spiro atoms. The molecule has 0 saturated carbocycles. The summed E-state index contributed by atoms with van der Waals surface area (Å²) in [6.07, 6.45) is 4.40. The molecule has 2 rings (SSSR count).